The SMILES string of the molecule is CCOc1ccc([C@@H]2C(C(N)=O)=C(C)Nc3nc(CCCO)nn32)cc1OC. The van der Waals surface area contributed by atoms with Crippen LogP contribution < -0.4 is 20.5 Å². The molecule has 1 aromatic heterocycles. The molecule has 9 nitrogen and oxygen atoms in total. The maximum atomic E-state index is 12.2. The van der Waals surface area contributed by atoms with Crippen molar-refractivity contribution in [3.05, 3.63) is 40.9 Å². The molecule has 0 bridgehead atoms. The van der Waals surface area contributed by atoms with E-state index in [1.54, 1.807) is 24.8 Å². The van der Waals surface area contributed by atoms with E-state index < -0.39 is 11.9 Å². The Balaban J connectivity index is 2.11. The average Bonchev–Trinajstić information content (AvgIpc) is 3.07. The highest BCUT2D eigenvalue weighted by Crippen LogP contribution is 2.38. The number of aromatic nitrogens is 3. The van der Waals surface area contributed by atoms with Crippen molar-refractivity contribution in [3.8, 4) is 11.5 Å². The van der Waals surface area contributed by atoms with E-state index in [-0.39, 0.29) is 6.61 Å². The summed E-state index contributed by atoms with van der Waals surface area (Å²) in [6.45, 7) is 4.24. The molecule has 0 saturated heterocycles. The fourth-order valence-corrected chi connectivity index (χ4v) is 3.29. The summed E-state index contributed by atoms with van der Waals surface area (Å²) in [5.41, 5.74) is 7.49. The lowest BCUT2D eigenvalue weighted by Crippen LogP contribution is -2.31. The molecule has 0 unspecified atom stereocenters. The first-order valence-electron chi connectivity index (χ1n) is 9.14. The van der Waals surface area contributed by atoms with E-state index in [2.05, 4.69) is 15.4 Å². The van der Waals surface area contributed by atoms with Crippen LogP contribution in [0, 0.1) is 0 Å². The van der Waals surface area contributed by atoms with E-state index in [9.17, 15) is 4.79 Å². The number of anilines is 1. The van der Waals surface area contributed by atoms with E-state index in [1.165, 1.54) is 0 Å². The van der Waals surface area contributed by atoms with Crippen molar-refractivity contribution in [2.24, 2.45) is 5.73 Å². The second kappa shape index (κ2) is 8.30. The molecule has 1 atom stereocenters. The maximum Gasteiger partial charge on any atom is 0.248 e. The van der Waals surface area contributed by atoms with Gasteiger partial charge in [0.25, 0.3) is 0 Å². The molecule has 4 N–H and O–H groups in total. The first-order valence-corrected chi connectivity index (χ1v) is 9.14. The third-order valence-electron chi connectivity index (χ3n) is 4.52. The Bertz CT molecular complexity index is 906. The number of allylic oxidation sites excluding steroid dienone is 1. The van der Waals surface area contributed by atoms with Crippen LogP contribution in [0.4, 0.5) is 5.95 Å². The lowest BCUT2D eigenvalue weighted by molar-refractivity contribution is -0.115. The number of amides is 1. The third-order valence-corrected chi connectivity index (χ3v) is 4.52. The Labute approximate surface area is 163 Å². The number of nitrogens with one attached hydrogen (secondary N) is 1. The zero-order valence-electron chi connectivity index (χ0n) is 16.2. The fourth-order valence-electron chi connectivity index (χ4n) is 3.29. The van der Waals surface area contributed by atoms with Crippen molar-refractivity contribution >= 4 is 11.9 Å². The molecule has 3 rings (SSSR count). The Morgan fingerprint density at radius 3 is 2.82 bits per heavy atom. The molecule has 1 aromatic carbocycles. The number of rotatable bonds is 8. The number of aliphatic hydroxyl groups is 1. The molecule has 0 saturated carbocycles. The number of carbonyl (C=O) groups is 1. The van der Waals surface area contributed by atoms with Crippen LogP contribution in [0.2, 0.25) is 0 Å². The molecule has 0 aliphatic carbocycles. The first-order chi connectivity index (χ1) is 13.5. The summed E-state index contributed by atoms with van der Waals surface area (Å²) in [4.78, 5) is 16.7. The molecule has 0 spiro atoms. The molecule has 1 amide bonds. The van der Waals surface area contributed by atoms with Crippen LogP contribution in [0.25, 0.3) is 0 Å². The second-order valence-electron chi connectivity index (χ2n) is 6.40. The number of fused-ring (bicyclic) bond motifs is 1. The average molecular weight is 387 g/mol. The molecular formula is C19H25N5O4. The third kappa shape index (κ3) is 3.65. The summed E-state index contributed by atoms with van der Waals surface area (Å²) in [6, 6.07) is 4.93. The molecule has 150 valence electrons. The minimum absolute atomic E-state index is 0.0562. The first kappa shape index (κ1) is 19.7. The number of methoxy groups -OCH3 is 1. The zero-order valence-corrected chi connectivity index (χ0v) is 16.2. The van der Waals surface area contributed by atoms with Crippen LogP contribution in [0.15, 0.2) is 29.5 Å². The Morgan fingerprint density at radius 2 is 2.18 bits per heavy atom. The molecule has 1 aliphatic heterocycles. The van der Waals surface area contributed by atoms with Gasteiger partial charge in [0, 0.05) is 18.7 Å². The number of nitrogens with two attached hydrogens (primary N) is 1. The number of benzene rings is 1. The van der Waals surface area contributed by atoms with Gasteiger partial charge in [-0.3, -0.25) is 4.79 Å². The number of ether oxygens (including phenoxy) is 2. The summed E-state index contributed by atoms with van der Waals surface area (Å²) in [6.07, 6.45) is 1.09. The smallest absolute Gasteiger partial charge is 0.248 e. The molecule has 2 aromatic rings. The van der Waals surface area contributed by atoms with Gasteiger partial charge >= 0.3 is 0 Å². The van der Waals surface area contributed by atoms with Gasteiger partial charge in [0.2, 0.25) is 11.9 Å². The van der Waals surface area contributed by atoms with Crippen LogP contribution in [-0.4, -0.2) is 46.1 Å². The van der Waals surface area contributed by atoms with Crippen molar-refractivity contribution in [2.45, 2.75) is 32.7 Å². The van der Waals surface area contributed by atoms with Crippen LogP contribution in [0.3, 0.4) is 0 Å². The maximum absolute atomic E-state index is 12.2. The second-order valence-corrected chi connectivity index (χ2v) is 6.40. The van der Waals surface area contributed by atoms with Crippen molar-refractivity contribution < 1.29 is 19.4 Å². The van der Waals surface area contributed by atoms with Gasteiger partial charge < -0.3 is 25.6 Å². The van der Waals surface area contributed by atoms with Gasteiger partial charge in [0.15, 0.2) is 17.3 Å². The highest BCUT2D eigenvalue weighted by Gasteiger charge is 2.33. The van der Waals surface area contributed by atoms with Gasteiger partial charge in [0.1, 0.15) is 6.04 Å². The summed E-state index contributed by atoms with van der Waals surface area (Å²) in [5, 5.41) is 16.7. The van der Waals surface area contributed by atoms with Gasteiger partial charge in [-0.1, -0.05) is 6.07 Å². The quantitative estimate of drug-likeness (QED) is 0.625. The summed E-state index contributed by atoms with van der Waals surface area (Å²) in [7, 11) is 1.56. The van der Waals surface area contributed by atoms with Gasteiger partial charge in [-0.05, 0) is 38.0 Å². The number of aliphatic hydroxyl groups excluding tert-OH is 1. The van der Waals surface area contributed by atoms with E-state index in [4.69, 9.17) is 20.3 Å². The van der Waals surface area contributed by atoms with Crippen molar-refractivity contribution in [1.29, 1.82) is 0 Å². The summed E-state index contributed by atoms with van der Waals surface area (Å²) < 4.78 is 12.7. The predicted molar refractivity (Wildman–Crippen MR) is 103 cm³/mol. The highest BCUT2D eigenvalue weighted by molar-refractivity contribution is 5.95. The number of primary amides is 1. The largest absolute Gasteiger partial charge is 0.493 e. The van der Waals surface area contributed by atoms with Gasteiger partial charge in [-0.2, -0.15) is 10.1 Å². The summed E-state index contributed by atoms with van der Waals surface area (Å²) in [5.74, 6) is 1.74. The summed E-state index contributed by atoms with van der Waals surface area (Å²) >= 11 is 0. The van der Waals surface area contributed by atoms with Gasteiger partial charge in [-0.25, -0.2) is 4.68 Å². The minimum Gasteiger partial charge on any atom is -0.493 e. The van der Waals surface area contributed by atoms with Crippen molar-refractivity contribution in [1.82, 2.24) is 14.8 Å². The molecule has 1 aliphatic rings. The van der Waals surface area contributed by atoms with Crippen molar-refractivity contribution in [3.63, 3.8) is 0 Å². The minimum atomic E-state index is -0.547. The Kier molecular flexibility index (Phi) is 5.84. The normalized spacial score (nSPS) is 15.8. The fraction of sp³-hybridized carbons (Fsp3) is 0.421. The molecule has 0 radical (unpaired) electrons. The van der Waals surface area contributed by atoms with E-state index >= 15 is 0 Å². The lowest BCUT2D eigenvalue weighted by atomic mass is 9.95. The van der Waals surface area contributed by atoms with Crippen LogP contribution in [0.1, 0.15) is 37.7 Å². The molecule has 0 fully saturated rings. The van der Waals surface area contributed by atoms with Crippen LogP contribution in [0.5, 0.6) is 11.5 Å². The monoisotopic (exact) mass is 387 g/mol. The predicted octanol–water partition coefficient (Wildman–Crippen LogP) is 1.38. The molecule has 9 heteroatoms. The lowest BCUT2D eigenvalue weighted by Gasteiger charge is -2.28. The molecule has 28 heavy (non-hydrogen) atoms. The van der Waals surface area contributed by atoms with Crippen LogP contribution >= 0.6 is 0 Å². The highest BCUT2D eigenvalue weighted by atomic mass is 16.5. The number of hydrogen-bond donors (Lipinski definition) is 3. The number of hydrogen-bond acceptors (Lipinski definition) is 7. The van der Waals surface area contributed by atoms with Crippen molar-refractivity contribution in [2.75, 3.05) is 25.6 Å². The van der Waals surface area contributed by atoms with Gasteiger partial charge in [0.05, 0.1) is 19.3 Å². The number of nitrogens with zero attached hydrogens (tertiary/aromatic N) is 3. The Hall–Kier alpha value is -3.07. The van der Waals surface area contributed by atoms with E-state index in [0.717, 1.165) is 5.56 Å². The standard InChI is InChI=1S/C19H25N5O4/c1-4-28-13-8-7-12(10-14(13)27-3)17-16(18(20)26)11(2)21-19-22-15(6-5-9-25)23-24(17)19/h7-8,10,17,25H,4-6,9H2,1-3H3,(H2,20,26)(H,21,22,23)/t17-/m1/s1. The number of aryl methyl sites for hydroxylation is 1. The van der Waals surface area contributed by atoms with Crippen LogP contribution in [-0.2, 0) is 11.2 Å². The topological polar surface area (TPSA) is 125 Å². The van der Waals surface area contributed by atoms with Gasteiger partial charge in [-0.15, -0.1) is 0 Å². The zero-order chi connectivity index (χ0) is 20.3. The van der Waals surface area contributed by atoms with E-state index in [0.29, 0.717) is 54.0 Å². The number of carbonyl (C=O) groups excluding carboxylic acids is 1. The Morgan fingerprint density at radius 1 is 1.39 bits per heavy atom. The molecule has 2 heterocycles. The van der Waals surface area contributed by atoms with E-state index in [1.807, 2.05) is 19.1 Å². The molecular weight excluding hydrogens is 362 g/mol.